The highest BCUT2D eigenvalue weighted by Gasteiger charge is 2.12. The van der Waals surface area contributed by atoms with Gasteiger partial charge < -0.3 is 5.32 Å². The molecule has 0 fully saturated rings. The van der Waals surface area contributed by atoms with Gasteiger partial charge in [-0.2, -0.15) is 0 Å². The Bertz CT molecular complexity index is 167. The van der Waals surface area contributed by atoms with E-state index < -0.39 is 0 Å². The van der Waals surface area contributed by atoms with Gasteiger partial charge in [-0.3, -0.25) is 0 Å². The summed E-state index contributed by atoms with van der Waals surface area (Å²) in [5.41, 5.74) is 0. The van der Waals surface area contributed by atoms with Crippen molar-refractivity contribution in [3.05, 3.63) is 0 Å². The lowest BCUT2D eigenvalue weighted by molar-refractivity contribution is 0.355. The van der Waals surface area contributed by atoms with Crippen LogP contribution in [0.15, 0.2) is 0 Å². The molecule has 1 heteroatoms. The highest BCUT2D eigenvalue weighted by Crippen LogP contribution is 2.14. The molecule has 0 aromatic heterocycles. The molecule has 0 saturated carbocycles. The molecule has 0 aliphatic rings. The Morgan fingerprint density at radius 1 is 0.684 bits per heavy atom. The van der Waals surface area contributed by atoms with Gasteiger partial charge in [0.15, 0.2) is 0 Å². The van der Waals surface area contributed by atoms with Gasteiger partial charge in [0.1, 0.15) is 0 Å². The van der Waals surface area contributed by atoms with Crippen molar-refractivity contribution >= 4 is 0 Å². The van der Waals surface area contributed by atoms with Crippen LogP contribution in [-0.4, -0.2) is 12.1 Å². The van der Waals surface area contributed by atoms with Crippen molar-refractivity contribution in [2.45, 2.75) is 111 Å². The van der Waals surface area contributed by atoms with Crippen molar-refractivity contribution < 1.29 is 0 Å². The molecule has 0 bridgehead atoms. The Labute approximate surface area is 122 Å². The van der Waals surface area contributed by atoms with Crippen molar-refractivity contribution in [3.63, 3.8) is 0 Å². The largest absolute Gasteiger partial charge is 0.312 e. The van der Waals surface area contributed by atoms with Crippen LogP contribution in [-0.2, 0) is 0 Å². The molecule has 19 heavy (non-hydrogen) atoms. The Morgan fingerprint density at radius 3 is 1.63 bits per heavy atom. The third-order valence-corrected chi connectivity index (χ3v) is 4.01. The van der Waals surface area contributed by atoms with Gasteiger partial charge in [0.2, 0.25) is 0 Å². The lowest BCUT2D eigenvalue weighted by atomic mass is 9.99. The smallest absolute Gasteiger partial charge is 0.00695 e. The lowest BCUT2D eigenvalue weighted by Gasteiger charge is -2.24. The predicted octanol–water partition coefficient (Wildman–Crippen LogP) is 5.93. The van der Waals surface area contributed by atoms with Gasteiger partial charge in [0.05, 0.1) is 0 Å². The molecule has 1 atom stereocenters. The maximum Gasteiger partial charge on any atom is 0.00695 e. The Kier molecular flexibility index (Phi) is 12.9. The molecule has 0 saturated heterocycles. The molecule has 0 spiro atoms. The van der Waals surface area contributed by atoms with E-state index in [0.29, 0.717) is 6.04 Å². The number of unbranched alkanes of at least 4 members (excludes halogenated alkanes) is 4. The first-order chi connectivity index (χ1) is 9.10. The normalized spacial score (nSPS) is 13.4. The molecule has 0 aromatic carbocycles. The molecule has 0 heterocycles. The molecule has 0 aromatic rings. The van der Waals surface area contributed by atoms with Gasteiger partial charge in [-0.1, -0.05) is 66.2 Å². The van der Waals surface area contributed by atoms with Crippen molar-refractivity contribution in [2.75, 3.05) is 0 Å². The summed E-state index contributed by atoms with van der Waals surface area (Å²) in [5.74, 6) is 0.836. The van der Waals surface area contributed by atoms with Crippen molar-refractivity contribution in [1.82, 2.24) is 5.32 Å². The molecule has 0 rings (SSSR count). The zero-order chi connectivity index (χ0) is 14.5. The van der Waals surface area contributed by atoms with E-state index in [-0.39, 0.29) is 0 Å². The number of rotatable bonds is 13. The van der Waals surface area contributed by atoms with Gasteiger partial charge >= 0.3 is 0 Å². The van der Waals surface area contributed by atoms with Crippen LogP contribution in [0.5, 0.6) is 0 Å². The summed E-state index contributed by atoms with van der Waals surface area (Å²) < 4.78 is 0. The zero-order valence-electron chi connectivity index (χ0n) is 14.3. The fourth-order valence-electron chi connectivity index (χ4n) is 2.66. The fourth-order valence-corrected chi connectivity index (χ4v) is 2.66. The first kappa shape index (κ1) is 19.0. The van der Waals surface area contributed by atoms with Crippen LogP contribution < -0.4 is 5.32 Å². The Hall–Kier alpha value is -0.0400. The number of hydrogen-bond donors (Lipinski definition) is 1. The maximum absolute atomic E-state index is 3.89. The molecule has 1 N–H and O–H groups in total. The molecular weight excluding hydrogens is 230 g/mol. The molecule has 116 valence electrons. The highest BCUT2D eigenvalue weighted by atomic mass is 14.9. The summed E-state index contributed by atoms with van der Waals surface area (Å²) >= 11 is 0. The van der Waals surface area contributed by atoms with Crippen molar-refractivity contribution in [1.29, 1.82) is 0 Å². The fraction of sp³-hybridized carbons (Fsp3) is 1.00. The van der Waals surface area contributed by atoms with E-state index in [9.17, 15) is 0 Å². The van der Waals surface area contributed by atoms with Crippen molar-refractivity contribution in [3.8, 4) is 0 Å². The van der Waals surface area contributed by atoms with Gasteiger partial charge in [-0.05, 0) is 38.5 Å². The monoisotopic (exact) mass is 269 g/mol. The Morgan fingerprint density at radius 2 is 1.21 bits per heavy atom. The molecule has 0 aliphatic heterocycles. The molecule has 1 unspecified atom stereocenters. The minimum atomic E-state index is 0.690. The second-order valence-corrected chi connectivity index (χ2v) is 6.73. The van der Waals surface area contributed by atoms with Crippen LogP contribution in [0, 0.1) is 5.92 Å². The SMILES string of the molecule is CCCCCC(CCCCC)NC(C)CCC(C)C. The van der Waals surface area contributed by atoms with Crippen molar-refractivity contribution in [2.24, 2.45) is 5.92 Å². The van der Waals surface area contributed by atoms with Gasteiger partial charge in [-0.15, -0.1) is 0 Å². The van der Waals surface area contributed by atoms with Gasteiger partial charge in [0.25, 0.3) is 0 Å². The van der Waals surface area contributed by atoms with Crippen LogP contribution in [0.25, 0.3) is 0 Å². The van der Waals surface area contributed by atoms with E-state index in [2.05, 4.69) is 39.9 Å². The second kappa shape index (κ2) is 13.0. The summed E-state index contributed by atoms with van der Waals surface area (Å²) in [6.07, 6.45) is 13.7. The standard InChI is InChI=1S/C18H39N/c1-6-8-10-12-18(13-11-9-7-2)19-17(5)15-14-16(3)4/h16-19H,6-15H2,1-5H3. The number of nitrogens with one attached hydrogen (secondary N) is 1. The second-order valence-electron chi connectivity index (χ2n) is 6.73. The molecule has 0 aliphatic carbocycles. The third kappa shape index (κ3) is 12.7. The predicted molar refractivity (Wildman–Crippen MR) is 88.7 cm³/mol. The summed E-state index contributed by atoms with van der Waals surface area (Å²) in [7, 11) is 0. The van der Waals surface area contributed by atoms with Gasteiger partial charge in [0, 0.05) is 12.1 Å². The van der Waals surface area contributed by atoms with Gasteiger partial charge in [-0.25, -0.2) is 0 Å². The van der Waals surface area contributed by atoms with Crippen LogP contribution in [0.1, 0.15) is 98.8 Å². The van der Waals surface area contributed by atoms with E-state index >= 15 is 0 Å². The highest BCUT2D eigenvalue weighted by molar-refractivity contribution is 4.72. The average Bonchev–Trinajstić information content (AvgIpc) is 2.36. The minimum absolute atomic E-state index is 0.690. The first-order valence-corrected chi connectivity index (χ1v) is 8.86. The van der Waals surface area contributed by atoms with E-state index in [4.69, 9.17) is 0 Å². The summed E-state index contributed by atoms with van der Waals surface area (Å²) in [4.78, 5) is 0. The van der Waals surface area contributed by atoms with E-state index in [1.54, 1.807) is 0 Å². The quantitative estimate of drug-likeness (QED) is 0.409. The topological polar surface area (TPSA) is 12.0 Å². The van der Waals surface area contributed by atoms with Crippen LogP contribution in [0.3, 0.4) is 0 Å². The third-order valence-electron chi connectivity index (χ3n) is 4.01. The Balaban J connectivity index is 3.92. The van der Waals surface area contributed by atoms with Crippen LogP contribution in [0.4, 0.5) is 0 Å². The molecule has 0 amide bonds. The van der Waals surface area contributed by atoms with Crippen LogP contribution in [0.2, 0.25) is 0 Å². The minimum Gasteiger partial charge on any atom is -0.312 e. The van der Waals surface area contributed by atoms with E-state index in [1.165, 1.54) is 64.2 Å². The average molecular weight is 270 g/mol. The van der Waals surface area contributed by atoms with E-state index in [1.807, 2.05) is 0 Å². The lowest BCUT2D eigenvalue weighted by Crippen LogP contribution is -2.36. The zero-order valence-corrected chi connectivity index (χ0v) is 14.3. The first-order valence-electron chi connectivity index (χ1n) is 8.86. The summed E-state index contributed by atoms with van der Waals surface area (Å²) in [6, 6.07) is 1.45. The number of hydrogen-bond acceptors (Lipinski definition) is 1. The van der Waals surface area contributed by atoms with Crippen LogP contribution >= 0.6 is 0 Å². The molecular formula is C18H39N. The molecule has 0 radical (unpaired) electrons. The van der Waals surface area contributed by atoms with E-state index in [0.717, 1.165) is 12.0 Å². The maximum atomic E-state index is 3.89. The molecule has 1 nitrogen and oxygen atoms in total. The summed E-state index contributed by atoms with van der Waals surface area (Å²) in [6.45, 7) is 11.6. The summed E-state index contributed by atoms with van der Waals surface area (Å²) in [5, 5.41) is 3.89.